The summed E-state index contributed by atoms with van der Waals surface area (Å²) in [5, 5.41) is 13.0. The lowest BCUT2D eigenvalue weighted by Gasteiger charge is -2.13. The van der Waals surface area contributed by atoms with Crippen LogP contribution in [0, 0.1) is 0 Å². The molecule has 0 fully saturated rings. The summed E-state index contributed by atoms with van der Waals surface area (Å²) in [6.07, 6.45) is 2.85. The lowest BCUT2D eigenvalue weighted by Crippen LogP contribution is -2.24. The van der Waals surface area contributed by atoms with Gasteiger partial charge in [-0.15, -0.1) is 0 Å². The Labute approximate surface area is 101 Å². The molecule has 2 aromatic rings. The fraction of sp³-hybridized carbons (Fsp3) is 0.267. The van der Waals surface area contributed by atoms with E-state index in [0.717, 1.165) is 35.6 Å². The van der Waals surface area contributed by atoms with Gasteiger partial charge in [-0.1, -0.05) is 49.7 Å². The minimum absolute atomic E-state index is 0.358. The van der Waals surface area contributed by atoms with Gasteiger partial charge in [0.1, 0.15) is 0 Å². The highest BCUT2D eigenvalue weighted by atomic mass is 16.4. The zero-order chi connectivity index (χ0) is 12.3. The lowest BCUT2D eigenvalue weighted by molar-refractivity contribution is -0.254. The van der Waals surface area contributed by atoms with Gasteiger partial charge in [0, 0.05) is 5.56 Å². The molecule has 0 unspecified atom stereocenters. The van der Waals surface area contributed by atoms with Crippen LogP contribution in [0.4, 0.5) is 0 Å². The van der Waals surface area contributed by atoms with Gasteiger partial charge in [0.15, 0.2) is 0 Å². The molecule has 0 atom stereocenters. The zero-order valence-corrected chi connectivity index (χ0v) is 9.90. The van der Waals surface area contributed by atoms with Gasteiger partial charge in [-0.3, -0.25) is 0 Å². The molecular formula is C15H15O2-. The third-order valence-electron chi connectivity index (χ3n) is 3.02. The molecule has 0 saturated carbocycles. The van der Waals surface area contributed by atoms with Crippen molar-refractivity contribution in [2.24, 2.45) is 0 Å². The normalized spacial score (nSPS) is 10.6. The number of unbranched alkanes of at least 4 members (excludes halogenated alkanes) is 1. The van der Waals surface area contributed by atoms with Gasteiger partial charge < -0.3 is 9.90 Å². The average Bonchev–Trinajstić information content (AvgIpc) is 2.35. The maximum atomic E-state index is 11.3. The van der Waals surface area contributed by atoms with E-state index in [4.69, 9.17) is 0 Å². The number of aromatic carboxylic acids is 1. The predicted octanol–water partition coefficient (Wildman–Crippen LogP) is 2.55. The highest BCUT2D eigenvalue weighted by Gasteiger charge is 2.07. The van der Waals surface area contributed by atoms with Crippen LogP contribution >= 0.6 is 0 Å². The molecule has 0 N–H and O–H groups in total. The first kappa shape index (κ1) is 11.6. The first-order chi connectivity index (χ1) is 8.24. The van der Waals surface area contributed by atoms with Gasteiger partial charge in [0.25, 0.3) is 0 Å². The molecule has 2 heteroatoms. The Morgan fingerprint density at radius 2 is 1.94 bits per heavy atom. The number of carboxylic acid groups (broad SMARTS) is 1. The predicted molar refractivity (Wildman–Crippen MR) is 66.9 cm³/mol. The van der Waals surface area contributed by atoms with E-state index in [0.29, 0.717) is 5.56 Å². The van der Waals surface area contributed by atoms with Crippen molar-refractivity contribution in [1.29, 1.82) is 0 Å². The second-order valence-electron chi connectivity index (χ2n) is 4.21. The molecule has 2 nitrogen and oxygen atoms in total. The molecular weight excluding hydrogens is 212 g/mol. The SMILES string of the molecule is CCCCc1ccc2ccccc2c1C(=O)[O-]. The van der Waals surface area contributed by atoms with E-state index in [9.17, 15) is 9.90 Å². The number of carbonyl (C=O) groups is 1. The third-order valence-corrected chi connectivity index (χ3v) is 3.02. The van der Waals surface area contributed by atoms with Crippen molar-refractivity contribution < 1.29 is 9.90 Å². The number of rotatable bonds is 4. The number of carboxylic acids is 1. The molecule has 0 aliphatic heterocycles. The summed E-state index contributed by atoms with van der Waals surface area (Å²) in [7, 11) is 0. The summed E-state index contributed by atoms with van der Waals surface area (Å²) in [5.74, 6) is -1.08. The Balaban J connectivity index is 2.60. The molecule has 2 aromatic carbocycles. The molecule has 0 heterocycles. The Kier molecular flexibility index (Phi) is 3.43. The molecule has 0 aromatic heterocycles. The Morgan fingerprint density at radius 3 is 2.65 bits per heavy atom. The van der Waals surface area contributed by atoms with Crippen LogP contribution in [0.2, 0.25) is 0 Å². The average molecular weight is 227 g/mol. The minimum Gasteiger partial charge on any atom is -0.545 e. The molecule has 0 spiro atoms. The molecule has 0 bridgehead atoms. The van der Waals surface area contributed by atoms with E-state index < -0.39 is 5.97 Å². The summed E-state index contributed by atoms with van der Waals surface area (Å²) >= 11 is 0. The first-order valence-electron chi connectivity index (χ1n) is 5.96. The molecule has 0 amide bonds. The van der Waals surface area contributed by atoms with Crippen molar-refractivity contribution in [2.45, 2.75) is 26.2 Å². The van der Waals surface area contributed by atoms with Gasteiger partial charge in [0.05, 0.1) is 5.97 Å². The molecule has 88 valence electrons. The molecule has 0 radical (unpaired) electrons. The monoisotopic (exact) mass is 227 g/mol. The van der Waals surface area contributed by atoms with Crippen LogP contribution in [0.1, 0.15) is 35.7 Å². The number of fused-ring (bicyclic) bond motifs is 1. The zero-order valence-electron chi connectivity index (χ0n) is 9.90. The van der Waals surface area contributed by atoms with E-state index in [1.54, 1.807) is 0 Å². The number of hydrogen-bond acceptors (Lipinski definition) is 2. The van der Waals surface area contributed by atoms with Crippen molar-refractivity contribution >= 4 is 16.7 Å². The van der Waals surface area contributed by atoms with E-state index in [2.05, 4.69) is 6.92 Å². The number of aryl methyl sites for hydroxylation is 1. The van der Waals surface area contributed by atoms with E-state index in [-0.39, 0.29) is 0 Å². The highest BCUT2D eigenvalue weighted by molar-refractivity contribution is 6.04. The van der Waals surface area contributed by atoms with Gasteiger partial charge >= 0.3 is 0 Å². The summed E-state index contributed by atoms with van der Waals surface area (Å²) in [6.45, 7) is 2.10. The first-order valence-corrected chi connectivity index (χ1v) is 5.96. The molecule has 2 rings (SSSR count). The van der Waals surface area contributed by atoms with Crippen LogP contribution < -0.4 is 5.11 Å². The van der Waals surface area contributed by atoms with Crippen LogP contribution in [0.25, 0.3) is 10.8 Å². The highest BCUT2D eigenvalue weighted by Crippen LogP contribution is 2.23. The van der Waals surface area contributed by atoms with Crippen LogP contribution in [0.15, 0.2) is 36.4 Å². The third kappa shape index (κ3) is 2.31. The van der Waals surface area contributed by atoms with Crippen molar-refractivity contribution in [3.63, 3.8) is 0 Å². The van der Waals surface area contributed by atoms with Crippen LogP contribution in [0.5, 0.6) is 0 Å². The maximum absolute atomic E-state index is 11.3. The summed E-state index contributed by atoms with van der Waals surface area (Å²) < 4.78 is 0. The van der Waals surface area contributed by atoms with Crippen molar-refractivity contribution in [1.82, 2.24) is 0 Å². The quantitative estimate of drug-likeness (QED) is 0.805. The molecule has 0 aliphatic carbocycles. The molecule has 0 saturated heterocycles. The standard InChI is InChI=1S/C15H16O2/c1-2-3-6-12-10-9-11-7-4-5-8-13(11)14(12)15(16)17/h4-5,7-10H,2-3,6H2,1H3,(H,16,17)/p-1. The Morgan fingerprint density at radius 1 is 1.18 bits per heavy atom. The summed E-state index contributed by atoms with van der Waals surface area (Å²) in [5.41, 5.74) is 1.24. The van der Waals surface area contributed by atoms with Crippen molar-refractivity contribution in [3.05, 3.63) is 47.5 Å². The Bertz CT molecular complexity index is 544. The second-order valence-corrected chi connectivity index (χ2v) is 4.21. The van der Waals surface area contributed by atoms with Crippen molar-refractivity contribution in [2.75, 3.05) is 0 Å². The number of carbonyl (C=O) groups excluding carboxylic acids is 1. The second kappa shape index (κ2) is 5.00. The minimum atomic E-state index is -1.08. The van der Waals surface area contributed by atoms with Gasteiger partial charge in [-0.2, -0.15) is 0 Å². The number of benzene rings is 2. The topological polar surface area (TPSA) is 40.1 Å². The van der Waals surface area contributed by atoms with Crippen LogP contribution in [0.3, 0.4) is 0 Å². The largest absolute Gasteiger partial charge is 0.545 e. The van der Waals surface area contributed by atoms with Crippen molar-refractivity contribution in [3.8, 4) is 0 Å². The lowest BCUT2D eigenvalue weighted by atomic mass is 9.96. The fourth-order valence-corrected chi connectivity index (χ4v) is 2.13. The van der Waals surface area contributed by atoms with E-state index in [1.165, 1.54) is 0 Å². The van der Waals surface area contributed by atoms with Gasteiger partial charge in [0.2, 0.25) is 0 Å². The molecule has 0 aliphatic rings. The van der Waals surface area contributed by atoms with Crippen LogP contribution in [-0.4, -0.2) is 5.97 Å². The van der Waals surface area contributed by atoms with Gasteiger partial charge in [-0.05, 0) is 29.2 Å². The number of hydrogen-bond donors (Lipinski definition) is 0. The van der Waals surface area contributed by atoms with E-state index >= 15 is 0 Å². The summed E-state index contributed by atoms with van der Waals surface area (Å²) in [4.78, 5) is 11.3. The smallest absolute Gasteiger partial charge is 0.0724 e. The maximum Gasteiger partial charge on any atom is 0.0724 e. The van der Waals surface area contributed by atoms with Gasteiger partial charge in [-0.25, -0.2) is 0 Å². The Hall–Kier alpha value is -1.83. The van der Waals surface area contributed by atoms with E-state index in [1.807, 2.05) is 36.4 Å². The fourth-order valence-electron chi connectivity index (χ4n) is 2.13. The summed E-state index contributed by atoms with van der Waals surface area (Å²) in [6, 6.07) is 11.4. The van der Waals surface area contributed by atoms with Crippen LogP contribution in [-0.2, 0) is 6.42 Å². The molecule has 17 heavy (non-hydrogen) atoms.